The van der Waals surface area contributed by atoms with Gasteiger partial charge in [0.15, 0.2) is 18.2 Å². The number of benzene rings is 2. The van der Waals surface area contributed by atoms with Crippen LogP contribution >= 0.6 is 11.6 Å². The molecule has 0 saturated heterocycles. The van der Waals surface area contributed by atoms with Gasteiger partial charge in [-0.3, -0.25) is 20.4 Å². The first kappa shape index (κ1) is 24.8. The number of hydrazine groups is 1. The number of nitrogens with zero attached hydrogens (tertiary/aromatic N) is 2. The monoisotopic (exact) mass is 508 g/mol. The van der Waals surface area contributed by atoms with Gasteiger partial charge in [-0.1, -0.05) is 23.7 Å². The van der Waals surface area contributed by atoms with Crippen LogP contribution in [0.4, 0.5) is 5.69 Å². The Hall–Kier alpha value is -4.31. The number of ether oxygens (including phenoxy) is 2. The number of aromatic nitrogens is 1. The third-order valence-electron chi connectivity index (χ3n) is 5.12. The minimum absolute atomic E-state index is 0.0432. The number of aliphatic imine (C=N–C) groups is 1. The lowest BCUT2D eigenvalue weighted by molar-refractivity contribution is -0.122. The maximum atomic E-state index is 13.3. The third kappa shape index (κ3) is 6.02. The van der Waals surface area contributed by atoms with Crippen LogP contribution in [-0.4, -0.2) is 35.5 Å². The van der Waals surface area contributed by atoms with E-state index in [0.717, 1.165) is 0 Å². The average Bonchev–Trinajstić information content (AvgIpc) is 2.87. The zero-order valence-electron chi connectivity index (χ0n) is 19.6. The van der Waals surface area contributed by atoms with Gasteiger partial charge in [-0.05, 0) is 67.9 Å². The fourth-order valence-electron chi connectivity index (χ4n) is 3.42. The van der Waals surface area contributed by atoms with Crippen molar-refractivity contribution in [3.8, 4) is 11.5 Å². The number of amidine groups is 1. The van der Waals surface area contributed by atoms with Crippen molar-refractivity contribution < 1.29 is 19.1 Å². The van der Waals surface area contributed by atoms with Gasteiger partial charge in [0.05, 0.1) is 6.10 Å². The number of nitrogens with two attached hydrogens (primary N) is 1. The summed E-state index contributed by atoms with van der Waals surface area (Å²) in [6.45, 7) is 3.75. The van der Waals surface area contributed by atoms with E-state index in [0.29, 0.717) is 34.1 Å². The average molecular weight is 509 g/mol. The number of carbonyl (C=O) groups excluding carboxylic acids is 2. The van der Waals surface area contributed by atoms with Crippen LogP contribution in [-0.2, 0) is 4.79 Å². The number of nitrogens with one attached hydrogen (secondary N) is 3. The van der Waals surface area contributed by atoms with Gasteiger partial charge < -0.3 is 20.5 Å². The Kier molecular flexibility index (Phi) is 7.55. The molecule has 3 aromatic rings. The van der Waals surface area contributed by atoms with E-state index in [9.17, 15) is 9.59 Å². The molecular formula is C25H25ClN6O4. The number of hydrogen-bond donors (Lipinski definition) is 4. The minimum Gasteiger partial charge on any atom is -0.487 e. The largest absolute Gasteiger partial charge is 0.487 e. The molecule has 11 heteroatoms. The van der Waals surface area contributed by atoms with Gasteiger partial charge in [-0.2, -0.15) is 0 Å². The number of amides is 2. The van der Waals surface area contributed by atoms with Gasteiger partial charge in [0.2, 0.25) is 0 Å². The van der Waals surface area contributed by atoms with E-state index in [4.69, 9.17) is 26.8 Å². The lowest BCUT2D eigenvalue weighted by Crippen LogP contribution is -2.45. The van der Waals surface area contributed by atoms with E-state index in [1.807, 2.05) is 13.8 Å². The van der Waals surface area contributed by atoms with Crippen molar-refractivity contribution in [3.63, 3.8) is 0 Å². The SMILES string of the molecule is CC(C)Oc1ccc2cc1OC/N=C(/N)c1ccc(cc1)NC2C(=O)NNC(=O)c1cccc(Cl)n1. The molecule has 186 valence electrons. The van der Waals surface area contributed by atoms with Gasteiger partial charge in [0.1, 0.15) is 22.7 Å². The van der Waals surface area contributed by atoms with Gasteiger partial charge >= 0.3 is 0 Å². The van der Waals surface area contributed by atoms with Crippen molar-refractivity contribution >= 4 is 34.9 Å². The molecule has 2 aromatic carbocycles. The van der Waals surface area contributed by atoms with Gasteiger partial charge in [0.25, 0.3) is 11.8 Å². The van der Waals surface area contributed by atoms with Crippen LogP contribution in [0.2, 0.25) is 5.15 Å². The van der Waals surface area contributed by atoms with Gasteiger partial charge in [0, 0.05) is 11.3 Å². The predicted molar refractivity (Wildman–Crippen MR) is 136 cm³/mol. The molecule has 0 aliphatic carbocycles. The van der Waals surface area contributed by atoms with Crippen LogP contribution in [0.3, 0.4) is 0 Å². The van der Waals surface area contributed by atoms with E-state index in [2.05, 4.69) is 26.1 Å². The van der Waals surface area contributed by atoms with E-state index in [1.54, 1.807) is 54.6 Å². The lowest BCUT2D eigenvalue weighted by Gasteiger charge is -2.22. The topological polar surface area (TPSA) is 140 Å². The molecule has 3 heterocycles. The summed E-state index contributed by atoms with van der Waals surface area (Å²) in [6, 6.07) is 16.0. The van der Waals surface area contributed by atoms with Crippen molar-refractivity contribution in [2.24, 2.45) is 10.7 Å². The summed E-state index contributed by atoms with van der Waals surface area (Å²) in [4.78, 5) is 33.9. The molecule has 1 atom stereocenters. The van der Waals surface area contributed by atoms with Gasteiger partial charge in [-0.15, -0.1) is 0 Å². The zero-order valence-corrected chi connectivity index (χ0v) is 20.4. The first-order valence-electron chi connectivity index (χ1n) is 11.1. The van der Waals surface area contributed by atoms with Crippen LogP contribution in [0.25, 0.3) is 0 Å². The molecule has 2 aliphatic heterocycles. The normalized spacial score (nSPS) is 16.2. The smallest absolute Gasteiger partial charge is 0.288 e. The Morgan fingerprint density at radius 3 is 2.64 bits per heavy atom. The van der Waals surface area contributed by atoms with Crippen LogP contribution in [0.15, 0.2) is 65.7 Å². The summed E-state index contributed by atoms with van der Waals surface area (Å²) in [5, 5.41) is 3.35. The molecule has 1 unspecified atom stereocenters. The molecule has 0 spiro atoms. The highest BCUT2D eigenvalue weighted by molar-refractivity contribution is 6.29. The first-order chi connectivity index (χ1) is 17.3. The Labute approximate surface area is 212 Å². The Balaban J connectivity index is 1.64. The predicted octanol–water partition coefficient (Wildman–Crippen LogP) is 3.19. The zero-order chi connectivity index (χ0) is 25.7. The molecule has 36 heavy (non-hydrogen) atoms. The molecule has 5 rings (SSSR count). The molecule has 10 nitrogen and oxygen atoms in total. The van der Waals surface area contributed by atoms with Crippen molar-refractivity contribution in [2.45, 2.75) is 26.0 Å². The molecule has 2 amide bonds. The van der Waals surface area contributed by atoms with Crippen LogP contribution in [0, 0.1) is 0 Å². The van der Waals surface area contributed by atoms with Crippen LogP contribution < -0.4 is 31.4 Å². The number of rotatable bonds is 4. The minimum atomic E-state index is -0.905. The van der Waals surface area contributed by atoms with E-state index in [1.165, 1.54) is 6.07 Å². The van der Waals surface area contributed by atoms with E-state index < -0.39 is 17.9 Å². The van der Waals surface area contributed by atoms with Crippen molar-refractivity contribution in [2.75, 3.05) is 12.0 Å². The maximum Gasteiger partial charge on any atom is 0.288 e. The van der Waals surface area contributed by atoms with Crippen LogP contribution in [0.5, 0.6) is 11.5 Å². The quantitative estimate of drug-likeness (QED) is 0.313. The highest BCUT2D eigenvalue weighted by atomic mass is 35.5. The first-order valence-corrected chi connectivity index (χ1v) is 11.5. The summed E-state index contributed by atoms with van der Waals surface area (Å²) in [5.41, 5.74) is 12.9. The standard InChI is InChI=1S/C25H25ClN6O4/c1-14(2)36-19-11-8-16-12-20(19)35-13-28-23(27)15-6-9-17(10-7-15)29-22(16)25(34)32-31-24(33)18-4-3-5-21(26)30-18/h3-12,14,22,29H,13H2,1-2H3,(H2,27,28)(H,31,33)(H,32,34). The fourth-order valence-corrected chi connectivity index (χ4v) is 3.59. The number of carbonyl (C=O) groups is 2. The Bertz CT molecular complexity index is 1300. The highest BCUT2D eigenvalue weighted by Crippen LogP contribution is 2.33. The summed E-state index contributed by atoms with van der Waals surface area (Å²) in [7, 11) is 0. The number of hydrogen-bond acceptors (Lipinski definition) is 8. The molecule has 0 radical (unpaired) electrons. The number of halogens is 1. The van der Waals surface area contributed by atoms with Crippen molar-refractivity contribution in [1.29, 1.82) is 0 Å². The fraction of sp³-hybridized carbons (Fsp3) is 0.200. The lowest BCUT2D eigenvalue weighted by atomic mass is 10.0. The second-order valence-electron chi connectivity index (χ2n) is 8.13. The molecule has 2 aliphatic rings. The Morgan fingerprint density at radius 2 is 1.92 bits per heavy atom. The number of pyridine rings is 1. The molecule has 0 fully saturated rings. The summed E-state index contributed by atoms with van der Waals surface area (Å²) in [6.07, 6.45) is -0.100. The number of anilines is 1. The van der Waals surface area contributed by atoms with E-state index in [-0.39, 0.29) is 23.7 Å². The highest BCUT2D eigenvalue weighted by Gasteiger charge is 2.24. The van der Waals surface area contributed by atoms with Crippen molar-refractivity contribution in [3.05, 3.63) is 82.6 Å². The van der Waals surface area contributed by atoms with Gasteiger partial charge in [-0.25, -0.2) is 9.98 Å². The summed E-state index contributed by atoms with van der Waals surface area (Å²) >= 11 is 5.86. The number of fused-ring (bicyclic) bond motifs is 5. The molecule has 0 saturated carbocycles. The van der Waals surface area contributed by atoms with E-state index >= 15 is 0 Å². The second-order valence-corrected chi connectivity index (χ2v) is 8.52. The second kappa shape index (κ2) is 11.0. The maximum absolute atomic E-state index is 13.3. The summed E-state index contributed by atoms with van der Waals surface area (Å²) in [5.74, 6) is 0.0686. The molecule has 4 bridgehead atoms. The summed E-state index contributed by atoms with van der Waals surface area (Å²) < 4.78 is 11.7. The third-order valence-corrected chi connectivity index (χ3v) is 5.33. The Morgan fingerprint density at radius 1 is 1.14 bits per heavy atom. The molecular weight excluding hydrogens is 484 g/mol. The molecule has 1 aromatic heterocycles. The molecule has 5 N–H and O–H groups in total. The van der Waals surface area contributed by atoms with Crippen LogP contribution in [0.1, 0.15) is 41.5 Å². The van der Waals surface area contributed by atoms with Crippen molar-refractivity contribution in [1.82, 2.24) is 15.8 Å².